The first-order valence-corrected chi connectivity index (χ1v) is 6.17. The van der Waals surface area contributed by atoms with Gasteiger partial charge in [0, 0.05) is 5.92 Å². The van der Waals surface area contributed by atoms with Gasteiger partial charge in [-0.1, -0.05) is 40.9 Å². The SMILES string of the molecule is O=C(O)[C@@H]1[C@@H](c2ccc(Cl)c(C(F)(F)F)c2)C1(Cl)Cl. The van der Waals surface area contributed by atoms with Crippen molar-refractivity contribution in [3.63, 3.8) is 0 Å². The zero-order chi connectivity index (χ0) is 14.6. The average Bonchev–Trinajstić information content (AvgIpc) is 2.80. The van der Waals surface area contributed by atoms with Crippen molar-refractivity contribution >= 4 is 40.8 Å². The summed E-state index contributed by atoms with van der Waals surface area (Å²) in [6.45, 7) is 0. The lowest BCUT2D eigenvalue weighted by molar-refractivity contribution is -0.138. The van der Waals surface area contributed by atoms with Gasteiger partial charge in [0.1, 0.15) is 4.33 Å². The predicted molar refractivity (Wildman–Crippen MR) is 64.8 cm³/mol. The number of halogens is 6. The van der Waals surface area contributed by atoms with Crippen LogP contribution in [0.5, 0.6) is 0 Å². The molecule has 2 nitrogen and oxygen atoms in total. The number of benzene rings is 1. The third-order valence-electron chi connectivity index (χ3n) is 2.97. The Hall–Kier alpha value is -0.650. The van der Waals surface area contributed by atoms with Crippen LogP contribution in [-0.2, 0) is 11.0 Å². The molecule has 0 saturated heterocycles. The number of carbonyl (C=O) groups is 1. The molecule has 1 aromatic carbocycles. The van der Waals surface area contributed by atoms with Gasteiger partial charge >= 0.3 is 12.1 Å². The van der Waals surface area contributed by atoms with Crippen LogP contribution in [0.1, 0.15) is 17.0 Å². The number of hydrogen-bond donors (Lipinski definition) is 1. The lowest BCUT2D eigenvalue weighted by atomic mass is 10.1. The number of carboxylic acids is 1. The molecule has 1 saturated carbocycles. The minimum Gasteiger partial charge on any atom is -0.481 e. The van der Waals surface area contributed by atoms with E-state index in [0.717, 1.165) is 12.1 Å². The van der Waals surface area contributed by atoms with Gasteiger partial charge in [0.25, 0.3) is 0 Å². The highest BCUT2D eigenvalue weighted by atomic mass is 35.5. The third kappa shape index (κ3) is 2.51. The molecule has 2 atom stereocenters. The fourth-order valence-corrected chi connectivity index (χ4v) is 3.04. The normalized spacial score (nSPS) is 25.2. The quantitative estimate of drug-likeness (QED) is 0.818. The Balaban J connectivity index is 2.42. The maximum absolute atomic E-state index is 12.7. The summed E-state index contributed by atoms with van der Waals surface area (Å²) in [7, 11) is 0. The molecule has 1 aliphatic rings. The molecule has 0 aliphatic heterocycles. The van der Waals surface area contributed by atoms with Crippen molar-refractivity contribution in [2.75, 3.05) is 0 Å². The minimum absolute atomic E-state index is 0.106. The highest BCUT2D eigenvalue weighted by molar-refractivity contribution is 6.53. The van der Waals surface area contributed by atoms with E-state index in [1.54, 1.807) is 0 Å². The van der Waals surface area contributed by atoms with E-state index in [1.165, 1.54) is 6.07 Å². The van der Waals surface area contributed by atoms with Crippen molar-refractivity contribution < 1.29 is 23.1 Å². The molecule has 1 N–H and O–H groups in total. The molecule has 0 spiro atoms. The Morgan fingerprint density at radius 1 is 1.32 bits per heavy atom. The van der Waals surface area contributed by atoms with Gasteiger partial charge in [-0.25, -0.2) is 0 Å². The summed E-state index contributed by atoms with van der Waals surface area (Å²) in [6, 6.07) is 3.14. The lowest BCUT2D eigenvalue weighted by Crippen LogP contribution is -2.07. The summed E-state index contributed by atoms with van der Waals surface area (Å²) in [5, 5.41) is 8.43. The second kappa shape index (κ2) is 4.43. The van der Waals surface area contributed by atoms with Crippen LogP contribution in [0.15, 0.2) is 18.2 Å². The Morgan fingerprint density at radius 2 is 1.89 bits per heavy atom. The van der Waals surface area contributed by atoms with Crippen LogP contribution in [0, 0.1) is 5.92 Å². The zero-order valence-corrected chi connectivity index (χ0v) is 11.3. The summed E-state index contributed by atoms with van der Waals surface area (Å²) in [5.41, 5.74) is -0.930. The molecule has 0 bridgehead atoms. The van der Waals surface area contributed by atoms with Crippen LogP contribution in [0.3, 0.4) is 0 Å². The van der Waals surface area contributed by atoms with Gasteiger partial charge in [-0.05, 0) is 17.7 Å². The Morgan fingerprint density at radius 3 is 2.32 bits per heavy atom. The largest absolute Gasteiger partial charge is 0.481 e. The highest BCUT2D eigenvalue weighted by Crippen LogP contribution is 2.65. The molecule has 8 heteroatoms. The summed E-state index contributed by atoms with van der Waals surface area (Å²) in [4.78, 5) is 10.9. The standard InChI is InChI=1S/C11H6Cl3F3O2/c12-6-2-1-4(3-5(6)11(15,16)17)7-8(9(18)19)10(7,13)14/h1-3,7-8H,(H,18,19)/t7-,8+/m1/s1. The van der Waals surface area contributed by atoms with Gasteiger partial charge in [0.15, 0.2) is 0 Å². The smallest absolute Gasteiger partial charge is 0.417 e. The minimum atomic E-state index is -4.62. The summed E-state index contributed by atoms with van der Waals surface area (Å²) >= 11 is 17.0. The van der Waals surface area contributed by atoms with E-state index >= 15 is 0 Å². The first-order valence-electron chi connectivity index (χ1n) is 5.04. The lowest BCUT2D eigenvalue weighted by Gasteiger charge is -2.11. The van der Waals surface area contributed by atoms with E-state index in [1.807, 2.05) is 0 Å². The van der Waals surface area contributed by atoms with Crippen molar-refractivity contribution in [3.8, 4) is 0 Å². The van der Waals surface area contributed by atoms with E-state index < -0.39 is 38.9 Å². The van der Waals surface area contributed by atoms with Crippen LogP contribution in [0.25, 0.3) is 0 Å². The van der Waals surface area contributed by atoms with Crippen molar-refractivity contribution in [1.29, 1.82) is 0 Å². The molecule has 0 aromatic heterocycles. The van der Waals surface area contributed by atoms with Crippen LogP contribution in [-0.4, -0.2) is 15.4 Å². The fourth-order valence-electron chi connectivity index (χ4n) is 2.00. The molecule has 2 rings (SSSR count). The van der Waals surface area contributed by atoms with Crippen LogP contribution in [0.4, 0.5) is 13.2 Å². The number of alkyl halides is 5. The highest BCUT2D eigenvalue weighted by Gasteiger charge is 2.68. The Labute approximate surface area is 121 Å². The molecule has 0 unspecified atom stereocenters. The molecular formula is C11H6Cl3F3O2. The Kier molecular flexibility index (Phi) is 3.44. The molecule has 19 heavy (non-hydrogen) atoms. The summed E-state index contributed by atoms with van der Waals surface area (Å²) < 4.78 is 36.5. The van der Waals surface area contributed by atoms with Gasteiger partial charge in [-0.3, -0.25) is 4.79 Å². The van der Waals surface area contributed by atoms with Crippen LogP contribution in [0.2, 0.25) is 5.02 Å². The van der Waals surface area contributed by atoms with Gasteiger partial charge in [-0.2, -0.15) is 13.2 Å². The van der Waals surface area contributed by atoms with Crippen molar-refractivity contribution in [2.24, 2.45) is 5.92 Å². The van der Waals surface area contributed by atoms with Gasteiger partial charge in [-0.15, -0.1) is 0 Å². The van der Waals surface area contributed by atoms with Crippen molar-refractivity contribution in [1.82, 2.24) is 0 Å². The summed E-state index contributed by atoms with van der Waals surface area (Å²) in [6.07, 6.45) is -4.62. The maximum atomic E-state index is 12.7. The molecule has 104 valence electrons. The summed E-state index contributed by atoms with van der Waals surface area (Å²) in [5.74, 6) is -3.26. The van der Waals surface area contributed by atoms with Crippen molar-refractivity contribution in [3.05, 3.63) is 34.3 Å². The Bertz CT molecular complexity index is 542. The van der Waals surface area contributed by atoms with E-state index in [-0.39, 0.29) is 5.56 Å². The fraction of sp³-hybridized carbons (Fsp3) is 0.364. The van der Waals surface area contributed by atoms with Crippen LogP contribution < -0.4 is 0 Å². The van der Waals surface area contributed by atoms with E-state index in [4.69, 9.17) is 39.9 Å². The first kappa shape index (κ1) is 14.8. The molecule has 0 radical (unpaired) electrons. The molecular weight excluding hydrogens is 327 g/mol. The van der Waals surface area contributed by atoms with Crippen molar-refractivity contribution in [2.45, 2.75) is 16.4 Å². The maximum Gasteiger partial charge on any atom is 0.417 e. The number of carboxylic acid groups (broad SMARTS) is 1. The molecule has 1 fully saturated rings. The van der Waals surface area contributed by atoms with E-state index in [0.29, 0.717) is 0 Å². The van der Waals surface area contributed by atoms with E-state index in [9.17, 15) is 18.0 Å². The third-order valence-corrected chi connectivity index (χ3v) is 4.24. The number of aliphatic carboxylic acids is 1. The van der Waals surface area contributed by atoms with Gasteiger partial charge in [0.05, 0.1) is 16.5 Å². The average molecular weight is 334 g/mol. The number of hydrogen-bond acceptors (Lipinski definition) is 1. The monoisotopic (exact) mass is 332 g/mol. The molecule has 1 aromatic rings. The van der Waals surface area contributed by atoms with E-state index in [2.05, 4.69) is 0 Å². The van der Waals surface area contributed by atoms with Crippen LogP contribution >= 0.6 is 34.8 Å². The molecule has 1 aliphatic carbocycles. The predicted octanol–water partition coefficient (Wildman–Crippen LogP) is 4.33. The number of rotatable bonds is 2. The topological polar surface area (TPSA) is 37.3 Å². The van der Waals surface area contributed by atoms with Gasteiger partial charge in [0.2, 0.25) is 0 Å². The molecule has 0 heterocycles. The molecule has 0 amide bonds. The zero-order valence-electron chi connectivity index (χ0n) is 9.01. The first-order chi connectivity index (χ1) is 8.56. The second-order valence-corrected chi connectivity index (χ2v) is 6.06. The second-order valence-electron chi connectivity index (χ2n) is 4.21. The van der Waals surface area contributed by atoms with Gasteiger partial charge < -0.3 is 5.11 Å².